The summed E-state index contributed by atoms with van der Waals surface area (Å²) in [5, 5.41) is 11.6. The summed E-state index contributed by atoms with van der Waals surface area (Å²) >= 11 is 1.32. The van der Waals surface area contributed by atoms with E-state index in [0.717, 1.165) is 18.2 Å². The highest BCUT2D eigenvalue weighted by Crippen LogP contribution is 2.14. The van der Waals surface area contributed by atoms with Gasteiger partial charge in [0.05, 0.1) is 0 Å². The third-order valence-electron chi connectivity index (χ3n) is 2.35. The Kier molecular flexibility index (Phi) is 2.70. The van der Waals surface area contributed by atoms with Crippen LogP contribution in [-0.4, -0.2) is 45.9 Å². The fourth-order valence-corrected chi connectivity index (χ4v) is 1.96. The zero-order chi connectivity index (χ0) is 9.10. The van der Waals surface area contributed by atoms with Crippen molar-refractivity contribution in [3.63, 3.8) is 0 Å². The number of piperidine rings is 1. The summed E-state index contributed by atoms with van der Waals surface area (Å²) < 4.78 is 3.71. The molecular formula is C7H13N5S. The predicted molar refractivity (Wildman–Crippen MR) is 51.8 cm³/mol. The van der Waals surface area contributed by atoms with Crippen LogP contribution in [0.4, 0.5) is 5.13 Å². The molecule has 13 heavy (non-hydrogen) atoms. The van der Waals surface area contributed by atoms with Gasteiger partial charge in [-0.3, -0.25) is 0 Å². The fourth-order valence-electron chi connectivity index (χ4n) is 1.52. The third-order valence-corrected chi connectivity index (χ3v) is 2.87. The highest BCUT2D eigenvalue weighted by atomic mass is 32.1. The van der Waals surface area contributed by atoms with Gasteiger partial charge in [0.2, 0.25) is 5.13 Å². The van der Waals surface area contributed by atoms with Gasteiger partial charge in [-0.2, -0.15) is 0 Å². The van der Waals surface area contributed by atoms with Gasteiger partial charge in [-0.1, -0.05) is 9.59 Å². The van der Waals surface area contributed by atoms with Crippen molar-refractivity contribution in [1.29, 1.82) is 0 Å². The Morgan fingerprint density at radius 1 is 1.46 bits per heavy atom. The van der Waals surface area contributed by atoms with E-state index >= 15 is 0 Å². The molecule has 0 aromatic carbocycles. The summed E-state index contributed by atoms with van der Waals surface area (Å²) in [4.78, 5) is 2.34. The molecule has 5 nitrogen and oxygen atoms in total. The van der Waals surface area contributed by atoms with Crippen LogP contribution >= 0.6 is 11.5 Å². The molecule has 0 aliphatic carbocycles. The van der Waals surface area contributed by atoms with E-state index in [1.54, 1.807) is 0 Å². The van der Waals surface area contributed by atoms with Gasteiger partial charge in [-0.25, -0.2) is 0 Å². The van der Waals surface area contributed by atoms with Gasteiger partial charge < -0.3 is 10.2 Å². The molecule has 1 aliphatic rings. The van der Waals surface area contributed by atoms with Crippen LogP contribution in [0.5, 0.6) is 0 Å². The van der Waals surface area contributed by atoms with E-state index in [2.05, 4.69) is 32.1 Å². The number of aromatic nitrogens is 3. The lowest BCUT2D eigenvalue weighted by Gasteiger charge is -2.28. The Hall–Kier alpha value is -0.750. The van der Waals surface area contributed by atoms with Crippen molar-refractivity contribution in [2.45, 2.75) is 18.9 Å². The van der Waals surface area contributed by atoms with Crippen LogP contribution in [-0.2, 0) is 0 Å². The summed E-state index contributed by atoms with van der Waals surface area (Å²) in [5.74, 6) is 0. The van der Waals surface area contributed by atoms with E-state index in [4.69, 9.17) is 0 Å². The molecule has 1 saturated heterocycles. The van der Waals surface area contributed by atoms with Crippen LogP contribution in [0.25, 0.3) is 0 Å². The molecule has 0 radical (unpaired) electrons. The number of nitrogens with zero attached hydrogens (tertiary/aromatic N) is 4. The van der Waals surface area contributed by atoms with Crippen molar-refractivity contribution in [3.05, 3.63) is 0 Å². The first-order valence-electron chi connectivity index (χ1n) is 4.45. The van der Waals surface area contributed by atoms with E-state index in [1.165, 1.54) is 24.4 Å². The minimum atomic E-state index is 0.547. The molecule has 0 spiro atoms. The standard InChI is InChI=1S/C7H13N5S/c1-12-4-2-6(3-5-12)8-7-9-10-11-13-7/h6H,2-5H2,1H3,(H,8,9,11). The Balaban J connectivity index is 1.83. The first-order chi connectivity index (χ1) is 6.34. The van der Waals surface area contributed by atoms with E-state index in [9.17, 15) is 0 Å². The molecule has 1 fully saturated rings. The maximum Gasteiger partial charge on any atom is 0.225 e. The lowest BCUT2D eigenvalue weighted by Crippen LogP contribution is -2.36. The van der Waals surface area contributed by atoms with Gasteiger partial charge in [0.15, 0.2) is 0 Å². The molecule has 72 valence electrons. The van der Waals surface area contributed by atoms with Gasteiger partial charge in [0, 0.05) is 17.6 Å². The second kappa shape index (κ2) is 3.97. The average molecular weight is 199 g/mol. The normalized spacial score (nSPS) is 20.4. The molecule has 1 aliphatic heterocycles. The lowest BCUT2D eigenvalue weighted by atomic mass is 10.1. The van der Waals surface area contributed by atoms with Gasteiger partial charge in [-0.15, -0.1) is 0 Å². The Morgan fingerprint density at radius 3 is 2.85 bits per heavy atom. The molecule has 0 atom stereocenters. The smallest absolute Gasteiger partial charge is 0.225 e. The van der Waals surface area contributed by atoms with Gasteiger partial charge >= 0.3 is 0 Å². The molecule has 0 unspecified atom stereocenters. The number of nitrogens with one attached hydrogen (secondary N) is 1. The number of hydrogen-bond donors (Lipinski definition) is 1. The molecule has 0 saturated carbocycles. The second-order valence-corrected chi connectivity index (χ2v) is 4.12. The van der Waals surface area contributed by atoms with Crippen LogP contribution < -0.4 is 5.32 Å². The maximum atomic E-state index is 3.86. The monoisotopic (exact) mass is 199 g/mol. The van der Waals surface area contributed by atoms with Crippen molar-refractivity contribution >= 4 is 16.7 Å². The predicted octanol–water partition coefficient (Wildman–Crippen LogP) is 0.439. The Morgan fingerprint density at radius 2 is 2.23 bits per heavy atom. The lowest BCUT2D eigenvalue weighted by molar-refractivity contribution is 0.264. The second-order valence-electron chi connectivity index (χ2n) is 3.39. The molecule has 0 amide bonds. The maximum absolute atomic E-state index is 3.86. The first-order valence-corrected chi connectivity index (χ1v) is 5.22. The molecule has 1 N–H and O–H groups in total. The SMILES string of the molecule is CN1CCC(Nc2nnns2)CC1. The minimum Gasteiger partial charge on any atom is -0.356 e. The third kappa shape index (κ3) is 2.35. The molecule has 1 aromatic rings. The van der Waals surface area contributed by atoms with Crippen molar-refractivity contribution < 1.29 is 0 Å². The number of anilines is 1. The van der Waals surface area contributed by atoms with Gasteiger partial charge in [-0.05, 0) is 38.2 Å². The van der Waals surface area contributed by atoms with Gasteiger partial charge in [0.25, 0.3) is 0 Å². The van der Waals surface area contributed by atoms with E-state index in [0.29, 0.717) is 6.04 Å². The molecular weight excluding hydrogens is 186 g/mol. The summed E-state index contributed by atoms with van der Waals surface area (Å²) in [7, 11) is 2.16. The molecule has 2 heterocycles. The van der Waals surface area contributed by atoms with E-state index in [-0.39, 0.29) is 0 Å². The summed E-state index contributed by atoms with van der Waals surface area (Å²) in [6.45, 7) is 2.31. The van der Waals surface area contributed by atoms with E-state index in [1.807, 2.05) is 0 Å². The zero-order valence-electron chi connectivity index (χ0n) is 7.60. The first kappa shape index (κ1) is 8.83. The largest absolute Gasteiger partial charge is 0.356 e. The quantitative estimate of drug-likeness (QED) is 0.749. The Bertz CT molecular complexity index is 241. The highest BCUT2D eigenvalue weighted by Gasteiger charge is 2.17. The summed E-state index contributed by atoms with van der Waals surface area (Å²) in [6.07, 6.45) is 2.35. The highest BCUT2D eigenvalue weighted by molar-refractivity contribution is 7.09. The molecule has 0 bridgehead atoms. The van der Waals surface area contributed by atoms with Crippen molar-refractivity contribution in [2.24, 2.45) is 0 Å². The number of likely N-dealkylation sites (tertiary alicyclic amines) is 1. The molecule has 2 rings (SSSR count). The molecule has 1 aromatic heterocycles. The van der Waals surface area contributed by atoms with Crippen molar-refractivity contribution in [3.8, 4) is 0 Å². The summed E-state index contributed by atoms with van der Waals surface area (Å²) in [6, 6.07) is 0.547. The summed E-state index contributed by atoms with van der Waals surface area (Å²) in [5.41, 5.74) is 0. The number of rotatable bonds is 2. The Labute approximate surface area is 81.3 Å². The van der Waals surface area contributed by atoms with Crippen LogP contribution in [0.2, 0.25) is 0 Å². The van der Waals surface area contributed by atoms with Gasteiger partial charge in [0.1, 0.15) is 0 Å². The number of hydrogen-bond acceptors (Lipinski definition) is 6. The van der Waals surface area contributed by atoms with Crippen LogP contribution in [0.1, 0.15) is 12.8 Å². The topological polar surface area (TPSA) is 53.9 Å². The zero-order valence-corrected chi connectivity index (χ0v) is 8.42. The van der Waals surface area contributed by atoms with Crippen LogP contribution in [0.15, 0.2) is 0 Å². The fraction of sp³-hybridized carbons (Fsp3) is 0.857. The van der Waals surface area contributed by atoms with Crippen LogP contribution in [0, 0.1) is 0 Å². The van der Waals surface area contributed by atoms with Crippen molar-refractivity contribution in [1.82, 2.24) is 19.7 Å². The van der Waals surface area contributed by atoms with E-state index < -0.39 is 0 Å². The van der Waals surface area contributed by atoms with Crippen molar-refractivity contribution in [2.75, 3.05) is 25.5 Å². The minimum absolute atomic E-state index is 0.547. The average Bonchev–Trinajstić information content (AvgIpc) is 2.62. The molecule has 6 heteroatoms. The van der Waals surface area contributed by atoms with Crippen LogP contribution in [0.3, 0.4) is 0 Å².